The molecule has 0 unspecified atom stereocenters. The van der Waals surface area contributed by atoms with Gasteiger partial charge in [-0.25, -0.2) is 0 Å². The van der Waals surface area contributed by atoms with Gasteiger partial charge >= 0.3 is 0 Å². The molecule has 0 aromatic carbocycles. The molecule has 0 N–H and O–H groups in total. The van der Waals surface area contributed by atoms with Crippen LogP contribution in [0.5, 0.6) is 0 Å². The van der Waals surface area contributed by atoms with Crippen molar-refractivity contribution in [2.24, 2.45) is 0 Å². The highest BCUT2D eigenvalue weighted by molar-refractivity contribution is 5.46. The van der Waals surface area contributed by atoms with Gasteiger partial charge in [-0.05, 0) is 29.8 Å². The minimum absolute atomic E-state index is 1.04. The summed E-state index contributed by atoms with van der Waals surface area (Å²) in [5, 5.41) is 2.51. The largest absolute Gasteiger partial charge is 0.264 e. The molecule has 60 valence electrons. The summed E-state index contributed by atoms with van der Waals surface area (Å²) in [5.41, 5.74) is 1.39. The molecule has 2 rings (SSSR count). The molecule has 1 heteroatoms. The van der Waals surface area contributed by atoms with E-state index in [-0.39, 0.29) is 0 Å². The summed E-state index contributed by atoms with van der Waals surface area (Å²) >= 11 is 0. The quantitative estimate of drug-likeness (QED) is 0.547. The maximum Gasteiger partial charge on any atom is 0.0343 e. The monoisotopic (exact) mass is 157 g/mol. The van der Waals surface area contributed by atoms with Crippen LogP contribution in [-0.2, 0) is 0 Å². The van der Waals surface area contributed by atoms with Crippen LogP contribution >= 0.6 is 0 Å². The molecule has 0 aliphatic heterocycles. The van der Waals surface area contributed by atoms with Crippen LogP contribution < -0.4 is 10.4 Å². The van der Waals surface area contributed by atoms with Crippen molar-refractivity contribution in [2.75, 3.05) is 0 Å². The predicted octanol–water partition coefficient (Wildman–Crippen LogP) is 0.993. The summed E-state index contributed by atoms with van der Waals surface area (Å²) in [7, 11) is 0. The van der Waals surface area contributed by atoms with Crippen LogP contribution in [0.25, 0.3) is 12.2 Å². The van der Waals surface area contributed by atoms with Gasteiger partial charge in [-0.1, -0.05) is 23.8 Å². The van der Waals surface area contributed by atoms with Gasteiger partial charge in [-0.15, -0.1) is 0 Å². The third-order valence-corrected chi connectivity index (χ3v) is 2.08. The molecule has 0 atom stereocenters. The van der Waals surface area contributed by atoms with Gasteiger partial charge in [-0.2, -0.15) is 0 Å². The SMILES string of the molecule is CC1=CC=c2ccncc2=CC1. The normalized spacial score (nSPS) is 14.9. The first-order chi connectivity index (χ1) is 5.86. The Bertz CT molecular complexity index is 427. The standard InChI is InChI=1S/C11H11N/c1-9-2-4-10-6-7-12-8-11(10)5-3-9/h2,4-8H,3H2,1H3. The second kappa shape index (κ2) is 2.94. The summed E-state index contributed by atoms with van der Waals surface area (Å²) in [6.07, 6.45) is 11.3. The zero-order valence-corrected chi connectivity index (χ0v) is 7.12. The fourth-order valence-corrected chi connectivity index (χ4v) is 1.31. The van der Waals surface area contributed by atoms with E-state index in [2.05, 4.69) is 30.1 Å². The second-order valence-electron chi connectivity index (χ2n) is 3.09. The number of allylic oxidation sites excluding steroid dienone is 2. The third-order valence-electron chi connectivity index (χ3n) is 2.08. The maximum atomic E-state index is 4.09. The molecule has 12 heavy (non-hydrogen) atoms. The lowest BCUT2D eigenvalue weighted by atomic mass is 10.2. The molecule has 0 saturated carbocycles. The van der Waals surface area contributed by atoms with Gasteiger partial charge in [-0.3, -0.25) is 4.98 Å². The van der Waals surface area contributed by atoms with Gasteiger partial charge in [0.1, 0.15) is 0 Å². The number of hydrogen-bond acceptors (Lipinski definition) is 1. The van der Waals surface area contributed by atoms with E-state index in [9.17, 15) is 0 Å². The van der Waals surface area contributed by atoms with Gasteiger partial charge in [0.2, 0.25) is 0 Å². The van der Waals surface area contributed by atoms with Crippen LogP contribution in [0.4, 0.5) is 0 Å². The van der Waals surface area contributed by atoms with Crippen LogP contribution in [0.3, 0.4) is 0 Å². The van der Waals surface area contributed by atoms with Crippen molar-refractivity contribution in [3.05, 3.63) is 40.5 Å². The van der Waals surface area contributed by atoms with Crippen molar-refractivity contribution in [2.45, 2.75) is 13.3 Å². The molecule has 1 nitrogen and oxygen atoms in total. The minimum atomic E-state index is 1.04. The smallest absolute Gasteiger partial charge is 0.0343 e. The molecular formula is C11H11N. The van der Waals surface area contributed by atoms with Crippen LogP contribution in [0.15, 0.2) is 30.1 Å². The minimum Gasteiger partial charge on any atom is -0.264 e. The Labute approximate surface area is 71.8 Å². The van der Waals surface area contributed by atoms with E-state index in [1.165, 1.54) is 16.0 Å². The summed E-state index contributed by atoms with van der Waals surface area (Å²) < 4.78 is 0. The van der Waals surface area contributed by atoms with Gasteiger partial charge in [0.15, 0.2) is 0 Å². The van der Waals surface area contributed by atoms with E-state index >= 15 is 0 Å². The molecule has 1 aliphatic rings. The lowest BCUT2D eigenvalue weighted by Gasteiger charge is -1.88. The first-order valence-electron chi connectivity index (χ1n) is 4.14. The first kappa shape index (κ1) is 7.29. The van der Waals surface area contributed by atoms with E-state index < -0.39 is 0 Å². The fraction of sp³-hybridized carbons (Fsp3) is 0.182. The molecule has 0 fully saturated rings. The Morgan fingerprint density at radius 3 is 3.08 bits per heavy atom. The second-order valence-corrected chi connectivity index (χ2v) is 3.09. The summed E-state index contributed by atoms with van der Waals surface area (Å²) in [5.74, 6) is 0. The third kappa shape index (κ3) is 1.30. The van der Waals surface area contributed by atoms with Gasteiger partial charge in [0, 0.05) is 12.4 Å². The van der Waals surface area contributed by atoms with Gasteiger partial charge in [0.25, 0.3) is 0 Å². The van der Waals surface area contributed by atoms with Crippen LogP contribution in [0.1, 0.15) is 13.3 Å². The molecular weight excluding hydrogens is 146 g/mol. The molecule has 0 amide bonds. The van der Waals surface area contributed by atoms with Crippen molar-refractivity contribution < 1.29 is 0 Å². The van der Waals surface area contributed by atoms with Crippen LogP contribution in [0, 0.1) is 0 Å². The van der Waals surface area contributed by atoms with Crippen molar-refractivity contribution in [3.63, 3.8) is 0 Å². The van der Waals surface area contributed by atoms with Crippen LogP contribution in [0.2, 0.25) is 0 Å². The van der Waals surface area contributed by atoms with Crippen LogP contribution in [-0.4, -0.2) is 4.98 Å². The molecule has 0 bridgehead atoms. The Hall–Kier alpha value is -1.37. The molecule has 1 aromatic heterocycles. The van der Waals surface area contributed by atoms with E-state index in [1.54, 1.807) is 0 Å². The fourth-order valence-electron chi connectivity index (χ4n) is 1.31. The summed E-state index contributed by atoms with van der Waals surface area (Å²) in [6.45, 7) is 2.15. The number of hydrogen-bond donors (Lipinski definition) is 0. The Morgan fingerprint density at radius 2 is 2.17 bits per heavy atom. The predicted molar refractivity (Wildman–Crippen MR) is 50.8 cm³/mol. The highest BCUT2D eigenvalue weighted by Crippen LogP contribution is 2.01. The van der Waals surface area contributed by atoms with E-state index in [0.29, 0.717) is 0 Å². The lowest BCUT2D eigenvalue weighted by Crippen LogP contribution is -2.23. The van der Waals surface area contributed by atoms with Crippen molar-refractivity contribution >= 4 is 12.2 Å². The van der Waals surface area contributed by atoms with E-state index in [0.717, 1.165) is 6.42 Å². The van der Waals surface area contributed by atoms with Crippen molar-refractivity contribution in [1.82, 2.24) is 4.98 Å². The highest BCUT2D eigenvalue weighted by Gasteiger charge is 1.90. The number of nitrogens with zero attached hydrogens (tertiary/aromatic N) is 1. The summed E-state index contributed by atoms with van der Waals surface area (Å²) in [6, 6.07) is 2.04. The Kier molecular flexibility index (Phi) is 1.78. The van der Waals surface area contributed by atoms with E-state index in [4.69, 9.17) is 0 Å². The van der Waals surface area contributed by atoms with Crippen molar-refractivity contribution in [1.29, 1.82) is 0 Å². The van der Waals surface area contributed by atoms with E-state index in [1.807, 2.05) is 18.5 Å². The zero-order chi connectivity index (χ0) is 8.39. The molecule has 1 aromatic rings. The topological polar surface area (TPSA) is 12.9 Å². The highest BCUT2D eigenvalue weighted by atomic mass is 14.6. The molecule has 0 saturated heterocycles. The number of rotatable bonds is 0. The molecule has 1 heterocycles. The number of fused-ring (bicyclic) bond motifs is 1. The zero-order valence-electron chi connectivity index (χ0n) is 7.12. The average Bonchev–Trinajstić information content (AvgIpc) is 2.29. The average molecular weight is 157 g/mol. The molecule has 0 spiro atoms. The number of aromatic nitrogens is 1. The summed E-state index contributed by atoms with van der Waals surface area (Å²) in [4.78, 5) is 4.09. The molecule has 0 radical (unpaired) electrons. The molecule has 1 aliphatic carbocycles. The van der Waals surface area contributed by atoms with Gasteiger partial charge in [0.05, 0.1) is 0 Å². The maximum absolute atomic E-state index is 4.09. The van der Waals surface area contributed by atoms with Crippen molar-refractivity contribution in [3.8, 4) is 0 Å². The number of pyridine rings is 1. The lowest BCUT2D eigenvalue weighted by molar-refractivity contribution is 1.24. The van der Waals surface area contributed by atoms with Gasteiger partial charge < -0.3 is 0 Å². The first-order valence-corrected chi connectivity index (χ1v) is 4.14. The Morgan fingerprint density at radius 1 is 1.25 bits per heavy atom. The Balaban J connectivity index is 2.72.